The largest absolute Gasteiger partial charge is 0.368 e. The van der Waals surface area contributed by atoms with Gasteiger partial charge in [0.15, 0.2) is 0 Å². The van der Waals surface area contributed by atoms with E-state index in [0.29, 0.717) is 6.04 Å². The Hall–Kier alpha value is -0.570. The quantitative estimate of drug-likeness (QED) is 0.772. The average molecular weight is 212 g/mol. The highest BCUT2D eigenvalue weighted by molar-refractivity contribution is 5.79. The average Bonchev–Trinajstić information content (AvgIpc) is 2.19. The Morgan fingerprint density at radius 3 is 2.33 bits per heavy atom. The zero-order chi connectivity index (χ0) is 11.4. The summed E-state index contributed by atoms with van der Waals surface area (Å²) in [6.07, 6.45) is 5.80. The molecule has 1 rings (SSSR count). The van der Waals surface area contributed by atoms with Crippen LogP contribution in [0.15, 0.2) is 0 Å². The van der Waals surface area contributed by atoms with E-state index in [2.05, 4.69) is 11.8 Å². The van der Waals surface area contributed by atoms with Crippen molar-refractivity contribution in [2.24, 2.45) is 11.7 Å². The summed E-state index contributed by atoms with van der Waals surface area (Å²) < 4.78 is 0. The van der Waals surface area contributed by atoms with Crippen molar-refractivity contribution in [1.29, 1.82) is 0 Å². The normalized spacial score (nSPS) is 29.1. The second-order valence-corrected chi connectivity index (χ2v) is 4.91. The van der Waals surface area contributed by atoms with Crippen molar-refractivity contribution in [2.45, 2.75) is 58.0 Å². The molecule has 0 radical (unpaired) electrons. The van der Waals surface area contributed by atoms with Gasteiger partial charge in [0.1, 0.15) is 0 Å². The molecule has 3 nitrogen and oxygen atoms in total. The molecule has 15 heavy (non-hydrogen) atoms. The molecule has 1 fully saturated rings. The van der Waals surface area contributed by atoms with E-state index in [-0.39, 0.29) is 11.9 Å². The van der Waals surface area contributed by atoms with Crippen LogP contribution in [0.25, 0.3) is 0 Å². The van der Waals surface area contributed by atoms with Crippen molar-refractivity contribution >= 4 is 5.91 Å². The van der Waals surface area contributed by atoms with Gasteiger partial charge in [-0.3, -0.25) is 9.69 Å². The maximum atomic E-state index is 11.3. The molecule has 0 aromatic carbocycles. The Balaban J connectivity index is 2.51. The maximum Gasteiger partial charge on any atom is 0.234 e. The first kappa shape index (κ1) is 12.5. The van der Waals surface area contributed by atoms with Crippen LogP contribution in [0.2, 0.25) is 0 Å². The molecule has 1 aliphatic rings. The SMILES string of the molecule is CCC(C(N)=O)N(C)C1CCC(C)CC1. The summed E-state index contributed by atoms with van der Waals surface area (Å²) in [5.41, 5.74) is 5.40. The number of nitrogens with two attached hydrogens (primary N) is 1. The van der Waals surface area contributed by atoms with E-state index in [1.54, 1.807) is 0 Å². The minimum Gasteiger partial charge on any atom is -0.368 e. The number of amides is 1. The molecular formula is C12H24N2O. The fourth-order valence-corrected chi connectivity index (χ4v) is 2.59. The fourth-order valence-electron chi connectivity index (χ4n) is 2.59. The number of hydrogen-bond donors (Lipinski definition) is 1. The van der Waals surface area contributed by atoms with Crippen molar-refractivity contribution in [3.63, 3.8) is 0 Å². The highest BCUT2D eigenvalue weighted by atomic mass is 16.1. The third-order valence-corrected chi connectivity index (χ3v) is 3.77. The summed E-state index contributed by atoms with van der Waals surface area (Å²) in [6.45, 7) is 4.33. The van der Waals surface area contributed by atoms with Crippen LogP contribution in [0.1, 0.15) is 46.0 Å². The number of nitrogens with zero attached hydrogens (tertiary/aromatic N) is 1. The Kier molecular flexibility index (Phi) is 4.58. The number of primary amides is 1. The fraction of sp³-hybridized carbons (Fsp3) is 0.917. The van der Waals surface area contributed by atoms with E-state index >= 15 is 0 Å². The van der Waals surface area contributed by atoms with Gasteiger partial charge < -0.3 is 5.73 Å². The molecule has 3 heteroatoms. The van der Waals surface area contributed by atoms with Crippen LogP contribution >= 0.6 is 0 Å². The van der Waals surface area contributed by atoms with E-state index in [4.69, 9.17) is 5.73 Å². The van der Waals surface area contributed by atoms with Crippen molar-refractivity contribution in [3.05, 3.63) is 0 Å². The van der Waals surface area contributed by atoms with E-state index < -0.39 is 0 Å². The zero-order valence-electron chi connectivity index (χ0n) is 10.2. The lowest BCUT2D eigenvalue weighted by Gasteiger charge is -2.37. The lowest BCUT2D eigenvalue weighted by atomic mass is 9.86. The van der Waals surface area contributed by atoms with Crippen LogP contribution in [-0.4, -0.2) is 29.9 Å². The summed E-state index contributed by atoms with van der Waals surface area (Å²) in [5, 5.41) is 0. The Morgan fingerprint density at radius 1 is 1.40 bits per heavy atom. The molecule has 88 valence electrons. The minimum atomic E-state index is -0.182. The van der Waals surface area contributed by atoms with Crippen LogP contribution in [-0.2, 0) is 4.79 Å². The number of carbonyl (C=O) groups is 1. The van der Waals surface area contributed by atoms with Gasteiger partial charge in [0, 0.05) is 6.04 Å². The topological polar surface area (TPSA) is 46.3 Å². The molecule has 0 bridgehead atoms. The highest BCUT2D eigenvalue weighted by Crippen LogP contribution is 2.27. The number of hydrogen-bond acceptors (Lipinski definition) is 2. The van der Waals surface area contributed by atoms with Gasteiger partial charge in [0.25, 0.3) is 0 Å². The van der Waals surface area contributed by atoms with Gasteiger partial charge in [-0.1, -0.05) is 13.8 Å². The van der Waals surface area contributed by atoms with E-state index in [1.807, 2.05) is 14.0 Å². The van der Waals surface area contributed by atoms with Crippen LogP contribution in [0, 0.1) is 5.92 Å². The Labute approximate surface area is 93.0 Å². The van der Waals surface area contributed by atoms with Crippen LogP contribution in [0.4, 0.5) is 0 Å². The number of carbonyl (C=O) groups excluding carboxylic acids is 1. The van der Waals surface area contributed by atoms with Gasteiger partial charge in [0.2, 0.25) is 5.91 Å². The molecule has 0 heterocycles. The first-order valence-corrected chi connectivity index (χ1v) is 6.07. The predicted molar refractivity (Wildman–Crippen MR) is 62.5 cm³/mol. The number of likely N-dealkylation sites (N-methyl/N-ethyl adjacent to an activating group) is 1. The van der Waals surface area contributed by atoms with Crippen LogP contribution in [0.3, 0.4) is 0 Å². The second kappa shape index (κ2) is 5.50. The van der Waals surface area contributed by atoms with Gasteiger partial charge >= 0.3 is 0 Å². The minimum absolute atomic E-state index is 0.0802. The van der Waals surface area contributed by atoms with Gasteiger partial charge in [-0.05, 0) is 45.1 Å². The molecule has 0 aliphatic heterocycles. The molecule has 2 N–H and O–H groups in total. The molecule has 0 aromatic rings. The Morgan fingerprint density at radius 2 is 1.93 bits per heavy atom. The third-order valence-electron chi connectivity index (χ3n) is 3.77. The third kappa shape index (κ3) is 3.20. The number of rotatable bonds is 4. The molecule has 1 amide bonds. The summed E-state index contributed by atoms with van der Waals surface area (Å²) in [5.74, 6) is 0.668. The first-order chi connectivity index (χ1) is 7.06. The summed E-state index contributed by atoms with van der Waals surface area (Å²) in [7, 11) is 2.04. The first-order valence-electron chi connectivity index (χ1n) is 6.07. The van der Waals surface area contributed by atoms with Crippen molar-refractivity contribution in [1.82, 2.24) is 4.90 Å². The summed E-state index contributed by atoms with van der Waals surface area (Å²) in [4.78, 5) is 13.4. The van der Waals surface area contributed by atoms with Crippen molar-refractivity contribution in [2.75, 3.05) is 7.05 Å². The molecule has 1 aliphatic carbocycles. The van der Waals surface area contributed by atoms with Crippen LogP contribution < -0.4 is 5.73 Å². The predicted octanol–water partition coefficient (Wildman–Crippen LogP) is 1.76. The molecule has 0 saturated heterocycles. The lowest BCUT2D eigenvalue weighted by molar-refractivity contribution is -0.124. The van der Waals surface area contributed by atoms with Crippen LogP contribution in [0.5, 0.6) is 0 Å². The second-order valence-electron chi connectivity index (χ2n) is 4.91. The van der Waals surface area contributed by atoms with Gasteiger partial charge in [-0.25, -0.2) is 0 Å². The molecule has 0 aromatic heterocycles. The zero-order valence-corrected chi connectivity index (χ0v) is 10.2. The van der Waals surface area contributed by atoms with E-state index in [9.17, 15) is 4.79 Å². The monoisotopic (exact) mass is 212 g/mol. The van der Waals surface area contributed by atoms with Crippen molar-refractivity contribution < 1.29 is 4.79 Å². The standard InChI is InChI=1S/C12H24N2O/c1-4-11(12(13)15)14(3)10-7-5-9(2)6-8-10/h9-11H,4-8H2,1-3H3,(H2,13,15). The van der Waals surface area contributed by atoms with Gasteiger partial charge in [-0.15, -0.1) is 0 Å². The molecule has 0 spiro atoms. The summed E-state index contributed by atoms with van der Waals surface area (Å²) >= 11 is 0. The molecule has 1 saturated carbocycles. The highest BCUT2D eigenvalue weighted by Gasteiger charge is 2.28. The molecule has 1 atom stereocenters. The van der Waals surface area contributed by atoms with E-state index in [1.165, 1.54) is 25.7 Å². The smallest absolute Gasteiger partial charge is 0.234 e. The van der Waals surface area contributed by atoms with E-state index in [0.717, 1.165) is 12.3 Å². The maximum absolute atomic E-state index is 11.3. The summed E-state index contributed by atoms with van der Waals surface area (Å²) in [6, 6.07) is 0.474. The van der Waals surface area contributed by atoms with Gasteiger partial charge in [-0.2, -0.15) is 0 Å². The Bertz CT molecular complexity index is 210. The van der Waals surface area contributed by atoms with Gasteiger partial charge in [0.05, 0.1) is 6.04 Å². The lowest BCUT2D eigenvalue weighted by Crippen LogP contribution is -2.48. The molecular weight excluding hydrogens is 188 g/mol. The van der Waals surface area contributed by atoms with Crippen molar-refractivity contribution in [3.8, 4) is 0 Å². The molecule has 1 unspecified atom stereocenters.